The molecule has 25 heavy (non-hydrogen) atoms. The van der Waals surface area contributed by atoms with E-state index >= 15 is 0 Å². The smallest absolute Gasteiger partial charge is 0.191 e. The van der Waals surface area contributed by atoms with E-state index in [4.69, 9.17) is 9.47 Å². The molecule has 148 valence electrons. The van der Waals surface area contributed by atoms with Crippen molar-refractivity contribution in [1.82, 2.24) is 10.6 Å². The molecule has 0 aromatic heterocycles. The minimum absolute atomic E-state index is 0. The SMILES string of the molecule is CCSC1(CNC(=NC)NCC2(CCOC)CCC2)CCOCC1.I. The molecule has 0 spiro atoms. The van der Waals surface area contributed by atoms with Gasteiger partial charge in [-0.25, -0.2) is 0 Å². The molecule has 0 bridgehead atoms. The molecular weight excluding hydrogens is 449 g/mol. The number of methoxy groups -OCH3 is 1. The van der Waals surface area contributed by atoms with Gasteiger partial charge in [-0.3, -0.25) is 4.99 Å². The Morgan fingerprint density at radius 2 is 1.84 bits per heavy atom. The minimum atomic E-state index is 0. The Kier molecular flexibility index (Phi) is 11.1. The number of thioether (sulfide) groups is 1. The number of hydrogen-bond acceptors (Lipinski definition) is 4. The average Bonchev–Trinajstić information content (AvgIpc) is 2.57. The molecular formula is C18H36IN3O2S. The summed E-state index contributed by atoms with van der Waals surface area (Å²) < 4.78 is 11.1. The van der Waals surface area contributed by atoms with Crippen LogP contribution in [0.4, 0.5) is 0 Å². The van der Waals surface area contributed by atoms with Crippen LogP contribution in [0.1, 0.15) is 45.4 Å². The fourth-order valence-corrected chi connectivity index (χ4v) is 4.91. The second kappa shape index (κ2) is 11.9. The summed E-state index contributed by atoms with van der Waals surface area (Å²) in [6.07, 6.45) is 7.31. The first-order valence-corrected chi connectivity index (χ1v) is 10.3. The molecule has 1 saturated carbocycles. The van der Waals surface area contributed by atoms with Gasteiger partial charge in [-0.1, -0.05) is 13.3 Å². The first kappa shape index (κ1) is 23.3. The van der Waals surface area contributed by atoms with Crippen LogP contribution in [0.15, 0.2) is 4.99 Å². The van der Waals surface area contributed by atoms with Crippen LogP contribution in [0.25, 0.3) is 0 Å². The topological polar surface area (TPSA) is 54.9 Å². The quantitative estimate of drug-likeness (QED) is 0.298. The van der Waals surface area contributed by atoms with Crippen molar-refractivity contribution in [2.75, 3.05) is 52.8 Å². The number of nitrogens with one attached hydrogen (secondary N) is 2. The Morgan fingerprint density at radius 1 is 1.16 bits per heavy atom. The van der Waals surface area contributed by atoms with Gasteiger partial charge in [-0.2, -0.15) is 11.8 Å². The van der Waals surface area contributed by atoms with E-state index in [-0.39, 0.29) is 28.7 Å². The van der Waals surface area contributed by atoms with E-state index in [9.17, 15) is 0 Å². The number of hydrogen-bond donors (Lipinski definition) is 2. The van der Waals surface area contributed by atoms with Crippen LogP contribution in [0.3, 0.4) is 0 Å². The second-order valence-corrected chi connectivity index (χ2v) is 8.84. The fraction of sp³-hybridized carbons (Fsp3) is 0.944. The van der Waals surface area contributed by atoms with Crippen LogP contribution in [-0.4, -0.2) is 63.5 Å². The number of ether oxygens (including phenoxy) is 2. The first-order chi connectivity index (χ1) is 11.7. The average molecular weight is 485 g/mol. The Bertz CT molecular complexity index is 394. The maximum Gasteiger partial charge on any atom is 0.191 e. The summed E-state index contributed by atoms with van der Waals surface area (Å²) in [5.74, 6) is 2.08. The van der Waals surface area contributed by atoms with Crippen molar-refractivity contribution in [2.45, 2.75) is 50.2 Å². The van der Waals surface area contributed by atoms with Gasteiger partial charge in [0.15, 0.2) is 5.96 Å². The fourth-order valence-electron chi connectivity index (χ4n) is 3.67. The molecule has 2 aliphatic rings. The molecule has 0 unspecified atom stereocenters. The third-order valence-electron chi connectivity index (χ3n) is 5.54. The second-order valence-electron chi connectivity index (χ2n) is 7.10. The highest BCUT2D eigenvalue weighted by atomic mass is 127. The molecule has 0 aromatic carbocycles. The predicted octanol–water partition coefficient (Wildman–Crippen LogP) is 3.28. The highest BCUT2D eigenvalue weighted by Crippen LogP contribution is 2.43. The third kappa shape index (κ3) is 7.07. The van der Waals surface area contributed by atoms with Gasteiger partial charge < -0.3 is 20.1 Å². The zero-order valence-corrected chi connectivity index (χ0v) is 19.2. The van der Waals surface area contributed by atoms with Crippen molar-refractivity contribution >= 4 is 41.7 Å². The Morgan fingerprint density at radius 3 is 2.36 bits per heavy atom. The van der Waals surface area contributed by atoms with Crippen LogP contribution in [0, 0.1) is 5.41 Å². The van der Waals surface area contributed by atoms with Crippen molar-refractivity contribution in [3.8, 4) is 0 Å². The Hall–Kier alpha value is 0.270. The summed E-state index contributed by atoms with van der Waals surface area (Å²) in [5, 5.41) is 7.14. The summed E-state index contributed by atoms with van der Waals surface area (Å²) >= 11 is 2.06. The van der Waals surface area contributed by atoms with Gasteiger partial charge in [0.1, 0.15) is 0 Å². The van der Waals surface area contributed by atoms with E-state index in [1.807, 2.05) is 7.05 Å². The van der Waals surface area contributed by atoms with E-state index in [1.165, 1.54) is 19.3 Å². The van der Waals surface area contributed by atoms with Crippen molar-refractivity contribution in [1.29, 1.82) is 0 Å². The van der Waals surface area contributed by atoms with Gasteiger partial charge >= 0.3 is 0 Å². The molecule has 1 aliphatic heterocycles. The zero-order chi connectivity index (χ0) is 17.3. The summed E-state index contributed by atoms with van der Waals surface area (Å²) in [6, 6.07) is 0. The summed E-state index contributed by atoms with van der Waals surface area (Å²) in [6.45, 7) is 6.80. The van der Waals surface area contributed by atoms with Crippen molar-refractivity contribution in [3.05, 3.63) is 0 Å². The van der Waals surface area contributed by atoms with E-state index in [2.05, 4.69) is 34.3 Å². The zero-order valence-electron chi connectivity index (χ0n) is 16.1. The molecule has 0 aromatic rings. The van der Waals surface area contributed by atoms with E-state index < -0.39 is 0 Å². The van der Waals surface area contributed by atoms with Crippen LogP contribution in [-0.2, 0) is 9.47 Å². The number of halogens is 1. The number of guanidine groups is 1. The maximum atomic E-state index is 5.56. The largest absolute Gasteiger partial charge is 0.385 e. The summed E-state index contributed by atoms with van der Waals surface area (Å²) in [7, 11) is 3.65. The lowest BCUT2D eigenvalue weighted by molar-refractivity contribution is 0.0728. The van der Waals surface area contributed by atoms with E-state index in [1.54, 1.807) is 7.11 Å². The van der Waals surface area contributed by atoms with Crippen LogP contribution >= 0.6 is 35.7 Å². The van der Waals surface area contributed by atoms with Crippen LogP contribution in [0.5, 0.6) is 0 Å². The highest BCUT2D eigenvalue weighted by Gasteiger charge is 2.37. The third-order valence-corrected chi connectivity index (χ3v) is 6.99. The van der Waals surface area contributed by atoms with Gasteiger partial charge in [0.05, 0.1) is 0 Å². The minimum Gasteiger partial charge on any atom is -0.385 e. The molecule has 2 fully saturated rings. The van der Waals surface area contributed by atoms with Crippen molar-refractivity contribution < 1.29 is 9.47 Å². The monoisotopic (exact) mass is 485 g/mol. The van der Waals surface area contributed by atoms with Gasteiger partial charge in [0, 0.05) is 51.8 Å². The predicted molar refractivity (Wildman–Crippen MR) is 118 cm³/mol. The molecule has 1 saturated heterocycles. The summed E-state index contributed by atoms with van der Waals surface area (Å²) in [4.78, 5) is 4.43. The lowest BCUT2D eigenvalue weighted by Gasteiger charge is -2.42. The van der Waals surface area contributed by atoms with Crippen LogP contribution < -0.4 is 10.6 Å². The first-order valence-electron chi connectivity index (χ1n) is 9.33. The number of aliphatic imine (C=N–C) groups is 1. The lowest BCUT2D eigenvalue weighted by atomic mass is 9.67. The molecule has 1 heterocycles. The van der Waals surface area contributed by atoms with Gasteiger partial charge in [0.25, 0.3) is 0 Å². The Balaban J connectivity index is 0.00000312. The van der Waals surface area contributed by atoms with E-state index in [0.717, 1.165) is 63.9 Å². The molecule has 0 radical (unpaired) electrons. The number of rotatable bonds is 9. The maximum absolute atomic E-state index is 5.56. The van der Waals surface area contributed by atoms with Crippen molar-refractivity contribution in [2.24, 2.45) is 10.4 Å². The normalized spacial score (nSPS) is 21.8. The van der Waals surface area contributed by atoms with Crippen molar-refractivity contribution in [3.63, 3.8) is 0 Å². The van der Waals surface area contributed by atoms with E-state index in [0.29, 0.717) is 5.41 Å². The molecule has 2 N–H and O–H groups in total. The van der Waals surface area contributed by atoms with Crippen LogP contribution in [0.2, 0.25) is 0 Å². The van der Waals surface area contributed by atoms with Gasteiger partial charge in [-0.05, 0) is 43.3 Å². The highest BCUT2D eigenvalue weighted by molar-refractivity contribution is 14.0. The standard InChI is InChI=1S/C18H35N3O2S.HI/c1-4-24-18(9-12-23-13-10-18)15-21-16(19-2)20-14-17(6-5-7-17)8-11-22-3;/h4-15H2,1-3H3,(H2,19,20,21);1H. The molecule has 0 amide bonds. The Labute approximate surface area is 174 Å². The van der Waals surface area contributed by atoms with Gasteiger partial charge in [0.2, 0.25) is 0 Å². The molecule has 5 nitrogen and oxygen atoms in total. The molecule has 1 aliphatic carbocycles. The number of nitrogens with zero attached hydrogens (tertiary/aromatic N) is 1. The van der Waals surface area contributed by atoms with Gasteiger partial charge in [-0.15, -0.1) is 24.0 Å². The lowest BCUT2D eigenvalue weighted by Crippen LogP contribution is -2.51. The molecule has 7 heteroatoms. The summed E-state index contributed by atoms with van der Waals surface area (Å²) in [5.41, 5.74) is 0.405. The molecule has 2 rings (SSSR count). The molecule has 0 atom stereocenters.